The van der Waals surface area contributed by atoms with Gasteiger partial charge in [0.15, 0.2) is 12.4 Å². The van der Waals surface area contributed by atoms with Gasteiger partial charge in [-0.05, 0) is 59.4 Å². The van der Waals surface area contributed by atoms with Crippen molar-refractivity contribution in [3.8, 4) is 10.4 Å². The van der Waals surface area contributed by atoms with Gasteiger partial charge in [-0.3, -0.25) is 9.59 Å². The Kier molecular flexibility index (Phi) is 4.28. The van der Waals surface area contributed by atoms with E-state index < -0.39 is 5.97 Å². The summed E-state index contributed by atoms with van der Waals surface area (Å²) in [5.41, 5.74) is 5.58. The fraction of sp³-hybridized carbons (Fsp3) is 0.174. The van der Waals surface area contributed by atoms with Crippen LogP contribution < -0.4 is 5.32 Å². The molecule has 1 aliphatic carbocycles. The van der Waals surface area contributed by atoms with Crippen LogP contribution in [0.1, 0.15) is 36.7 Å². The minimum Gasteiger partial charge on any atom is -0.453 e. The molecule has 144 valence electrons. The van der Waals surface area contributed by atoms with Crippen molar-refractivity contribution in [1.29, 1.82) is 0 Å². The van der Waals surface area contributed by atoms with E-state index >= 15 is 0 Å². The second-order valence-corrected chi connectivity index (χ2v) is 8.27. The highest BCUT2D eigenvalue weighted by atomic mass is 32.1. The molecule has 2 heterocycles. The van der Waals surface area contributed by atoms with E-state index in [1.165, 1.54) is 22.5 Å². The Morgan fingerprint density at radius 2 is 1.83 bits per heavy atom. The molecule has 1 aliphatic heterocycles. The molecule has 0 atom stereocenters. The highest BCUT2D eigenvalue weighted by Gasteiger charge is 2.23. The molecule has 0 saturated carbocycles. The van der Waals surface area contributed by atoms with Crippen LogP contribution in [0, 0.1) is 0 Å². The van der Waals surface area contributed by atoms with E-state index in [4.69, 9.17) is 4.74 Å². The van der Waals surface area contributed by atoms with Crippen molar-refractivity contribution in [2.75, 3.05) is 11.9 Å². The third kappa shape index (κ3) is 3.25. The van der Waals surface area contributed by atoms with Crippen LogP contribution in [0.25, 0.3) is 10.4 Å². The van der Waals surface area contributed by atoms with Crippen molar-refractivity contribution in [1.82, 2.24) is 0 Å². The van der Waals surface area contributed by atoms with E-state index in [1.807, 2.05) is 18.2 Å². The van der Waals surface area contributed by atoms with Crippen molar-refractivity contribution in [2.45, 2.75) is 19.3 Å². The Balaban J connectivity index is 1.29. The van der Waals surface area contributed by atoms with Gasteiger partial charge in [0.1, 0.15) is 4.88 Å². The summed E-state index contributed by atoms with van der Waals surface area (Å²) >= 11 is 1.42. The van der Waals surface area contributed by atoms with Crippen LogP contribution in [0.5, 0.6) is 0 Å². The highest BCUT2D eigenvalue weighted by Crippen LogP contribution is 2.39. The molecule has 2 aliphatic rings. The number of carbonyl (C=O) groups excluding carboxylic acids is 3. The van der Waals surface area contributed by atoms with Gasteiger partial charge in [-0.1, -0.05) is 24.3 Å². The van der Waals surface area contributed by atoms with Gasteiger partial charge in [0, 0.05) is 16.1 Å². The number of esters is 1. The molecule has 5 rings (SSSR count). The molecule has 0 fully saturated rings. The number of ketones is 1. The van der Waals surface area contributed by atoms with E-state index in [2.05, 4.69) is 17.4 Å². The SMILES string of the molecule is O=C1Cc2cc(C(=O)COC(=O)c3cc4c(s3)-c3ccccc3CC4)ccc2N1. The molecule has 2 aromatic carbocycles. The van der Waals surface area contributed by atoms with Crippen LogP contribution in [-0.2, 0) is 28.8 Å². The predicted molar refractivity (Wildman–Crippen MR) is 111 cm³/mol. The van der Waals surface area contributed by atoms with Gasteiger partial charge in [-0.2, -0.15) is 0 Å². The zero-order valence-corrected chi connectivity index (χ0v) is 16.3. The number of benzene rings is 2. The molecule has 1 aromatic heterocycles. The zero-order chi connectivity index (χ0) is 20.0. The first-order chi connectivity index (χ1) is 14.1. The van der Waals surface area contributed by atoms with Crippen molar-refractivity contribution in [2.24, 2.45) is 0 Å². The largest absolute Gasteiger partial charge is 0.453 e. The third-order valence-corrected chi connectivity index (χ3v) is 6.51. The Bertz CT molecular complexity index is 1180. The van der Waals surface area contributed by atoms with E-state index in [-0.39, 0.29) is 24.7 Å². The first-order valence-electron chi connectivity index (χ1n) is 9.42. The van der Waals surface area contributed by atoms with Gasteiger partial charge in [-0.25, -0.2) is 4.79 Å². The second-order valence-electron chi connectivity index (χ2n) is 7.22. The van der Waals surface area contributed by atoms with Crippen LogP contribution in [0.15, 0.2) is 48.5 Å². The van der Waals surface area contributed by atoms with Gasteiger partial charge in [0.2, 0.25) is 5.91 Å². The lowest BCUT2D eigenvalue weighted by atomic mass is 9.91. The number of Topliss-reactive ketones (excluding diaryl/α,β-unsaturated/α-hetero) is 1. The summed E-state index contributed by atoms with van der Waals surface area (Å²) in [7, 11) is 0. The number of carbonyl (C=O) groups is 3. The Labute approximate surface area is 171 Å². The van der Waals surface area contributed by atoms with Gasteiger partial charge in [0.05, 0.1) is 6.42 Å². The monoisotopic (exact) mass is 403 g/mol. The molecule has 0 spiro atoms. The summed E-state index contributed by atoms with van der Waals surface area (Å²) < 4.78 is 5.29. The van der Waals surface area contributed by atoms with Crippen molar-refractivity contribution >= 4 is 34.7 Å². The normalized spacial score (nSPS) is 13.9. The minimum absolute atomic E-state index is 0.0840. The number of amides is 1. The number of aryl methyl sites for hydroxylation is 2. The molecule has 0 bridgehead atoms. The topological polar surface area (TPSA) is 72.5 Å². The standard InChI is InChI=1S/C23H17NO4S/c25-19(14-7-8-18-16(9-14)11-21(26)24-18)12-28-23(27)20-10-15-6-5-13-3-1-2-4-17(13)22(15)29-20/h1-4,7-10H,5-6,11-12H2,(H,24,26). The summed E-state index contributed by atoms with van der Waals surface area (Å²) in [4.78, 5) is 38.0. The minimum atomic E-state index is -0.478. The molecule has 1 N–H and O–H groups in total. The van der Waals surface area contributed by atoms with E-state index in [0.717, 1.165) is 34.5 Å². The van der Waals surface area contributed by atoms with Crippen LogP contribution >= 0.6 is 11.3 Å². The Hall–Kier alpha value is -3.25. The summed E-state index contributed by atoms with van der Waals surface area (Å²) in [5.74, 6) is -0.848. The second kappa shape index (κ2) is 6.97. The first kappa shape index (κ1) is 17.8. The van der Waals surface area contributed by atoms with Crippen molar-refractivity contribution < 1.29 is 19.1 Å². The number of hydrogen-bond acceptors (Lipinski definition) is 5. The first-order valence-corrected chi connectivity index (χ1v) is 10.2. The molecule has 0 radical (unpaired) electrons. The maximum Gasteiger partial charge on any atom is 0.348 e. The zero-order valence-electron chi connectivity index (χ0n) is 15.5. The number of ether oxygens (including phenoxy) is 1. The molecule has 29 heavy (non-hydrogen) atoms. The summed E-state index contributed by atoms with van der Waals surface area (Å²) in [6, 6.07) is 15.2. The molecular weight excluding hydrogens is 386 g/mol. The predicted octanol–water partition coefficient (Wildman–Crippen LogP) is 4.05. The number of fused-ring (bicyclic) bond motifs is 4. The van der Waals surface area contributed by atoms with Crippen LogP contribution in [0.2, 0.25) is 0 Å². The Morgan fingerprint density at radius 3 is 2.72 bits per heavy atom. The molecule has 3 aromatic rings. The number of anilines is 1. The number of hydrogen-bond donors (Lipinski definition) is 1. The molecular formula is C23H17NO4S. The molecule has 1 amide bonds. The highest BCUT2D eigenvalue weighted by molar-refractivity contribution is 7.17. The van der Waals surface area contributed by atoms with Gasteiger partial charge >= 0.3 is 5.97 Å². The van der Waals surface area contributed by atoms with Gasteiger partial charge in [-0.15, -0.1) is 11.3 Å². The number of nitrogens with one attached hydrogen (secondary N) is 1. The molecule has 0 saturated heterocycles. The van der Waals surface area contributed by atoms with Crippen LogP contribution in [-0.4, -0.2) is 24.3 Å². The van der Waals surface area contributed by atoms with Crippen molar-refractivity contribution in [3.63, 3.8) is 0 Å². The van der Waals surface area contributed by atoms with E-state index in [9.17, 15) is 14.4 Å². The Morgan fingerprint density at radius 1 is 1.00 bits per heavy atom. The quantitative estimate of drug-likeness (QED) is 0.527. The lowest BCUT2D eigenvalue weighted by molar-refractivity contribution is -0.115. The van der Waals surface area contributed by atoms with Gasteiger partial charge in [0.25, 0.3) is 0 Å². The van der Waals surface area contributed by atoms with E-state index in [1.54, 1.807) is 18.2 Å². The van der Waals surface area contributed by atoms with E-state index in [0.29, 0.717) is 10.4 Å². The van der Waals surface area contributed by atoms with Crippen LogP contribution in [0.3, 0.4) is 0 Å². The number of thiophene rings is 1. The molecule has 0 unspecified atom stereocenters. The third-order valence-electron chi connectivity index (χ3n) is 5.32. The summed E-state index contributed by atoms with van der Waals surface area (Å²) in [5, 5.41) is 2.73. The molecule has 6 heteroatoms. The maximum absolute atomic E-state index is 12.5. The average Bonchev–Trinajstić information content (AvgIpc) is 3.33. The lowest BCUT2D eigenvalue weighted by Gasteiger charge is -2.15. The fourth-order valence-electron chi connectivity index (χ4n) is 3.86. The number of rotatable bonds is 4. The lowest BCUT2D eigenvalue weighted by Crippen LogP contribution is -2.13. The smallest absolute Gasteiger partial charge is 0.348 e. The maximum atomic E-state index is 12.5. The van der Waals surface area contributed by atoms with Crippen molar-refractivity contribution in [3.05, 3.63) is 75.7 Å². The van der Waals surface area contributed by atoms with Crippen LogP contribution in [0.4, 0.5) is 5.69 Å². The summed E-state index contributed by atoms with van der Waals surface area (Å²) in [6.07, 6.45) is 2.12. The molecule has 5 nitrogen and oxygen atoms in total. The fourth-order valence-corrected chi connectivity index (χ4v) is 5.02. The van der Waals surface area contributed by atoms with Gasteiger partial charge < -0.3 is 10.1 Å². The summed E-state index contributed by atoms with van der Waals surface area (Å²) in [6.45, 7) is -0.321. The average molecular weight is 403 g/mol.